The van der Waals surface area contributed by atoms with Crippen LogP contribution in [0.2, 0.25) is 0 Å². The van der Waals surface area contributed by atoms with Crippen LogP contribution in [0, 0.1) is 0 Å². The fraction of sp³-hybridized carbons (Fsp3) is 0.0278. The van der Waals surface area contributed by atoms with Gasteiger partial charge in [0.15, 0.2) is 0 Å². The van der Waals surface area contributed by atoms with E-state index in [1.165, 1.54) is 58.3 Å². The van der Waals surface area contributed by atoms with E-state index < -0.39 is 0 Å². The minimum atomic E-state index is -0.0977. The highest BCUT2D eigenvalue weighted by Crippen LogP contribution is 2.44. The molecule has 0 radical (unpaired) electrons. The zero-order valence-electron chi connectivity index (χ0n) is 21.5. The molecule has 1 atom stereocenters. The van der Waals surface area contributed by atoms with Crippen molar-refractivity contribution < 1.29 is 0 Å². The standard InChI is InChI=1S/C36H23N3S/c1-2-11-23(12-3-1)35-36(38-29-16-8-7-15-28(29)37-35)39-30-19-18-22-10-4-5-13-24(22)34(30)27-20-26-25-14-6-9-17-32(25)40-33(26)21-31(27)39/h1-21,35,37H. The van der Waals surface area contributed by atoms with Gasteiger partial charge in [0.05, 0.1) is 22.4 Å². The zero-order chi connectivity index (χ0) is 26.2. The van der Waals surface area contributed by atoms with Gasteiger partial charge in [-0.25, -0.2) is 4.99 Å². The predicted octanol–water partition coefficient (Wildman–Crippen LogP) is 10.1. The van der Waals surface area contributed by atoms with Gasteiger partial charge < -0.3 is 5.32 Å². The molecule has 0 bridgehead atoms. The van der Waals surface area contributed by atoms with Gasteiger partial charge in [-0.15, -0.1) is 11.3 Å². The molecule has 0 amide bonds. The molecule has 2 aromatic heterocycles. The third kappa shape index (κ3) is 3.08. The van der Waals surface area contributed by atoms with Gasteiger partial charge in [-0.1, -0.05) is 91.0 Å². The van der Waals surface area contributed by atoms with Gasteiger partial charge in [-0.3, -0.25) is 4.57 Å². The Hall–Kier alpha value is -4.93. The lowest BCUT2D eigenvalue weighted by molar-refractivity contribution is 0.962. The van der Waals surface area contributed by atoms with Crippen molar-refractivity contribution in [1.29, 1.82) is 0 Å². The molecule has 0 fully saturated rings. The van der Waals surface area contributed by atoms with Crippen molar-refractivity contribution in [2.45, 2.75) is 6.04 Å². The summed E-state index contributed by atoms with van der Waals surface area (Å²) in [6.07, 6.45) is 0. The Balaban J connectivity index is 1.46. The van der Waals surface area contributed by atoms with Crippen molar-refractivity contribution >= 4 is 81.3 Å². The largest absolute Gasteiger partial charge is 0.370 e. The van der Waals surface area contributed by atoms with Crippen molar-refractivity contribution in [1.82, 2.24) is 4.57 Å². The van der Waals surface area contributed by atoms with E-state index in [0.29, 0.717) is 0 Å². The van der Waals surface area contributed by atoms with Crippen molar-refractivity contribution in [2.24, 2.45) is 4.99 Å². The first-order valence-electron chi connectivity index (χ1n) is 13.6. The Morgan fingerprint density at radius 2 is 1.38 bits per heavy atom. The molecule has 8 aromatic rings. The molecule has 1 unspecified atom stereocenters. The smallest absolute Gasteiger partial charge is 0.141 e. The van der Waals surface area contributed by atoms with Crippen LogP contribution in [-0.4, -0.2) is 10.4 Å². The first-order chi connectivity index (χ1) is 19.8. The van der Waals surface area contributed by atoms with Gasteiger partial charge in [0.1, 0.15) is 11.9 Å². The number of nitrogens with zero attached hydrogens (tertiary/aromatic N) is 2. The number of para-hydroxylation sites is 2. The number of thiophene rings is 1. The molecule has 0 spiro atoms. The van der Waals surface area contributed by atoms with E-state index in [-0.39, 0.29) is 6.04 Å². The molecule has 0 saturated heterocycles. The third-order valence-electron chi connectivity index (χ3n) is 8.21. The predicted molar refractivity (Wildman–Crippen MR) is 172 cm³/mol. The molecule has 40 heavy (non-hydrogen) atoms. The summed E-state index contributed by atoms with van der Waals surface area (Å²) in [7, 11) is 0. The summed E-state index contributed by atoms with van der Waals surface area (Å²) >= 11 is 1.86. The number of anilines is 1. The summed E-state index contributed by atoms with van der Waals surface area (Å²) in [6.45, 7) is 0. The Bertz CT molecular complexity index is 2310. The monoisotopic (exact) mass is 529 g/mol. The maximum absolute atomic E-state index is 5.37. The Morgan fingerprint density at radius 3 is 2.30 bits per heavy atom. The second kappa shape index (κ2) is 8.28. The van der Waals surface area contributed by atoms with Crippen molar-refractivity contribution in [3.63, 3.8) is 0 Å². The fourth-order valence-corrected chi connectivity index (χ4v) is 7.53. The number of benzene rings is 6. The molecule has 9 rings (SSSR count). The molecular weight excluding hydrogens is 506 g/mol. The van der Waals surface area contributed by atoms with Crippen LogP contribution in [0.5, 0.6) is 0 Å². The van der Waals surface area contributed by atoms with E-state index in [9.17, 15) is 0 Å². The number of aliphatic imine (C=N–C) groups is 1. The highest BCUT2D eigenvalue weighted by Gasteiger charge is 2.29. The molecule has 3 nitrogen and oxygen atoms in total. The first kappa shape index (κ1) is 21.9. The molecule has 188 valence electrons. The molecule has 1 aliphatic rings. The summed E-state index contributed by atoms with van der Waals surface area (Å²) in [6, 6.07) is 45.7. The summed E-state index contributed by atoms with van der Waals surface area (Å²) in [5.74, 6) is 0.987. The highest BCUT2D eigenvalue weighted by atomic mass is 32.1. The third-order valence-corrected chi connectivity index (χ3v) is 9.35. The van der Waals surface area contributed by atoms with E-state index in [2.05, 4.69) is 137 Å². The molecule has 1 aliphatic heterocycles. The number of fused-ring (bicyclic) bond motifs is 9. The SMILES string of the molecule is c1ccc(C2Nc3ccccc3N=C2n2c3cc4sc5ccccc5c4cc3c3c4ccccc4ccc32)cc1. The van der Waals surface area contributed by atoms with E-state index >= 15 is 0 Å². The zero-order valence-corrected chi connectivity index (χ0v) is 22.3. The molecule has 6 aromatic carbocycles. The van der Waals surface area contributed by atoms with Crippen molar-refractivity contribution in [3.8, 4) is 0 Å². The van der Waals surface area contributed by atoms with Gasteiger partial charge >= 0.3 is 0 Å². The van der Waals surface area contributed by atoms with Crippen molar-refractivity contribution in [2.75, 3.05) is 5.32 Å². The van der Waals surface area contributed by atoms with Gasteiger partial charge in [0, 0.05) is 30.9 Å². The molecule has 4 heteroatoms. The number of hydrogen-bond donors (Lipinski definition) is 1. The lowest BCUT2D eigenvalue weighted by atomic mass is 10.0. The van der Waals surface area contributed by atoms with Crippen LogP contribution in [0.15, 0.2) is 132 Å². The van der Waals surface area contributed by atoms with Gasteiger partial charge in [0.2, 0.25) is 0 Å². The molecular formula is C36H23N3S. The van der Waals surface area contributed by atoms with Crippen LogP contribution in [0.3, 0.4) is 0 Å². The average molecular weight is 530 g/mol. The number of aromatic nitrogens is 1. The second-order valence-corrected chi connectivity index (χ2v) is 11.5. The normalized spacial score (nSPS) is 15.1. The Morgan fingerprint density at radius 1 is 0.600 bits per heavy atom. The van der Waals surface area contributed by atoms with E-state index in [1.54, 1.807) is 0 Å². The first-order valence-corrected chi connectivity index (χ1v) is 14.4. The van der Waals surface area contributed by atoms with Crippen LogP contribution in [0.4, 0.5) is 11.4 Å². The van der Waals surface area contributed by atoms with Crippen LogP contribution in [0.1, 0.15) is 11.6 Å². The topological polar surface area (TPSA) is 29.3 Å². The maximum atomic E-state index is 5.37. The number of rotatable bonds is 1. The molecule has 0 saturated carbocycles. The molecule has 1 N–H and O–H groups in total. The quantitative estimate of drug-likeness (QED) is 0.225. The minimum absolute atomic E-state index is 0.0977. The molecule has 3 heterocycles. The second-order valence-electron chi connectivity index (χ2n) is 10.5. The van der Waals surface area contributed by atoms with Crippen LogP contribution < -0.4 is 5.32 Å². The van der Waals surface area contributed by atoms with Gasteiger partial charge in [-0.05, 0) is 52.7 Å². The highest BCUT2D eigenvalue weighted by molar-refractivity contribution is 7.25. The Kier molecular flexibility index (Phi) is 4.54. The lowest BCUT2D eigenvalue weighted by Crippen LogP contribution is -2.29. The summed E-state index contributed by atoms with van der Waals surface area (Å²) in [5, 5.41) is 11.5. The average Bonchev–Trinajstić information content (AvgIpc) is 3.54. The van der Waals surface area contributed by atoms with E-state index in [4.69, 9.17) is 4.99 Å². The number of nitrogens with one attached hydrogen (secondary N) is 1. The summed E-state index contributed by atoms with van der Waals surface area (Å²) < 4.78 is 5.02. The lowest BCUT2D eigenvalue weighted by Gasteiger charge is -2.29. The molecule has 0 aliphatic carbocycles. The fourth-order valence-electron chi connectivity index (χ4n) is 6.41. The van der Waals surface area contributed by atoms with E-state index in [0.717, 1.165) is 17.2 Å². The minimum Gasteiger partial charge on any atom is -0.370 e. The van der Waals surface area contributed by atoms with Gasteiger partial charge in [-0.2, -0.15) is 0 Å². The summed E-state index contributed by atoms with van der Waals surface area (Å²) in [4.78, 5) is 5.37. The Labute approximate surface area is 234 Å². The van der Waals surface area contributed by atoms with Gasteiger partial charge in [0.25, 0.3) is 0 Å². The summed E-state index contributed by atoms with van der Waals surface area (Å²) in [5.41, 5.74) is 5.57. The number of hydrogen-bond acceptors (Lipinski definition) is 3. The van der Waals surface area contributed by atoms with Crippen LogP contribution in [0.25, 0.3) is 52.8 Å². The maximum Gasteiger partial charge on any atom is 0.141 e. The van der Waals surface area contributed by atoms with E-state index in [1.807, 2.05) is 11.3 Å². The van der Waals surface area contributed by atoms with Crippen molar-refractivity contribution in [3.05, 3.63) is 133 Å². The van der Waals surface area contributed by atoms with Crippen LogP contribution in [-0.2, 0) is 0 Å². The van der Waals surface area contributed by atoms with Crippen LogP contribution >= 0.6 is 11.3 Å².